The second-order valence-corrected chi connectivity index (χ2v) is 10.7. The molecule has 3 heterocycles. The van der Waals surface area contributed by atoms with Crippen LogP contribution in [0.25, 0.3) is 10.8 Å². The van der Waals surface area contributed by atoms with Crippen LogP contribution in [0, 0.1) is 0 Å². The number of thiazole rings is 1. The van der Waals surface area contributed by atoms with Crippen LogP contribution in [-0.2, 0) is 21.2 Å². The van der Waals surface area contributed by atoms with E-state index in [1.165, 1.54) is 15.6 Å². The number of benzene rings is 1. The van der Waals surface area contributed by atoms with Crippen LogP contribution in [0.15, 0.2) is 51.3 Å². The van der Waals surface area contributed by atoms with Crippen LogP contribution in [0.1, 0.15) is 25.0 Å². The minimum Gasteiger partial charge on any atom is -0.462 e. The van der Waals surface area contributed by atoms with Crippen LogP contribution in [0.3, 0.4) is 0 Å². The lowest BCUT2D eigenvalue weighted by Gasteiger charge is -2.26. The van der Waals surface area contributed by atoms with E-state index >= 15 is 0 Å². The van der Waals surface area contributed by atoms with Gasteiger partial charge in [0.25, 0.3) is 0 Å². The summed E-state index contributed by atoms with van der Waals surface area (Å²) in [7, 11) is 0.0931. The van der Waals surface area contributed by atoms with Crippen LogP contribution < -0.4 is 10.2 Å². The molecule has 1 aliphatic heterocycles. The molecule has 0 atom stereocenters. The van der Waals surface area contributed by atoms with Gasteiger partial charge in [-0.1, -0.05) is 6.42 Å². The highest BCUT2D eigenvalue weighted by molar-refractivity contribution is 7.89. The van der Waals surface area contributed by atoms with Crippen molar-refractivity contribution in [1.29, 1.82) is 0 Å². The van der Waals surface area contributed by atoms with Crippen LogP contribution in [0.5, 0.6) is 0 Å². The number of aromatic nitrogens is 1. The molecule has 3 aromatic rings. The van der Waals surface area contributed by atoms with Crippen LogP contribution in [-0.4, -0.2) is 50.8 Å². The molecule has 0 radical (unpaired) electrons. The molecule has 1 aliphatic rings. The van der Waals surface area contributed by atoms with Gasteiger partial charge in [-0.2, -0.15) is 4.31 Å². The van der Waals surface area contributed by atoms with Gasteiger partial charge in [0.05, 0.1) is 34.6 Å². The number of furan rings is 1. The van der Waals surface area contributed by atoms with Crippen molar-refractivity contribution in [3.63, 3.8) is 0 Å². The lowest BCUT2D eigenvalue weighted by molar-refractivity contribution is -0.115. The van der Waals surface area contributed by atoms with Crippen LogP contribution in [0.4, 0.5) is 11.4 Å². The Bertz CT molecular complexity index is 1180. The number of nitrogens with zero attached hydrogens (tertiary/aromatic N) is 3. The molecule has 10 heteroatoms. The predicted octanol–water partition coefficient (Wildman–Crippen LogP) is 3.82. The molecule has 32 heavy (non-hydrogen) atoms. The summed E-state index contributed by atoms with van der Waals surface area (Å²) in [5.41, 5.74) is 1.81. The summed E-state index contributed by atoms with van der Waals surface area (Å²) in [5.74, 6) is 0.393. The van der Waals surface area contributed by atoms with E-state index in [4.69, 9.17) is 4.42 Å². The smallest absolute Gasteiger partial charge is 0.243 e. The number of nitrogens with one attached hydrogen (secondary N) is 1. The van der Waals surface area contributed by atoms with E-state index in [2.05, 4.69) is 10.3 Å². The van der Waals surface area contributed by atoms with Crippen molar-refractivity contribution in [3.05, 3.63) is 47.7 Å². The highest BCUT2D eigenvalue weighted by Gasteiger charge is 2.27. The summed E-state index contributed by atoms with van der Waals surface area (Å²) in [6, 6.07) is 8.49. The van der Waals surface area contributed by atoms with Crippen molar-refractivity contribution >= 4 is 38.6 Å². The molecular weight excluding hydrogens is 448 g/mol. The molecule has 0 spiro atoms. The Morgan fingerprint density at radius 1 is 1.22 bits per heavy atom. The molecule has 0 unspecified atom stereocenters. The molecule has 1 N–H and O–H groups in total. The maximum atomic E-state index is 13.1. The van der Waals surface area contributed by atoms with Crippen molar-refractivity contribution in [2.75, 3.05) is 37.4 Å². The molecule has 1 aromatic carbocycles. The van der Waals surface area contributed by atoms with Gasteiger partial charge in [0.1, 0.15) is 0 Å². The van der Waals surface area contributed by atoms with Gasteiger partial charge < -0.3 is 14.6 Å². The minimum absolute atomic E-state index is 0.0766. The Labute approximate surface area is 191 Å². The summed E-state index contributed by atoms with van der Waals surface area (Å²) in [6.45, 7) is 1.06. The van der Waals surface area contributed by atoms with Gasteiger partial charge in [-0.25, -0.2) is 13.4 Å². The van der Waals surface area contributed by atoms with Gasteiger partial charge in [0.15, 0.2) is 10.8 Å². The van der Waals surface area contributed by atoms with E-state index in [-0.39, 0.29) is 17.2 Å². The van der Waals surface area contributed by atoms with E-state index in [0.29, 0.717) is 35.2 Å². The molecular formula is C22H26N4O4S2. The molecule has 0 aliphatic carbocycles. The van der Waals surface area contributed by atoms with E-state index in [0.717, 1.165) is 24.9 Å². The average Bonchev–Trinajstić information content (AvgIpc) is 3.46. The third-order valence-corrected chi connectivity index (χ3v) is 8.10. The third kappa shape index (κ3) is 4.87. The molecule has 170 valence electrons. The Kier molecular flexibility index (Phi) is 6.63. The molecule has 8 nitrogen and oxygen atoms in total. The number of hydrogen-bond acceptors (Lipinski definition) is 7. The van der Waals surface area contributed by atoms with E-state index in [9.17, 15) is 13.2 Å². The van der Waals surface area contributed by atoms with Gasteiger partial charge in [0.2, 0.25) is 15.9 Å². The highest BCUT2D eigenvalue weighted by Crippen LogP contribution is 2.30. The molecule has 0 saturated carbocycles. The minimum atomic E-state index is -3.60. The maximum Gasteiger partial charge on any atom is 0.243 e. The fraction of sp³-hybridized carbons (Fsp3) is 0.364. The van der Waals surface area contributed by atoms with Gasteiger partial charge in [-0.15, -0.1) is 11.3 Å². The topological polar surface area (TPSA) is 95.8 Å². The second kappa shape index (κ2) is 9.43. The zero-order valence-corrected chi connectivity index (χ0v) is 19.7. The number of rotatable bonds is 7. The van der Waals surface area contributed by atoms with E-state index < -0.39 is 10.0 Å². The third-order valence-electron chi connectivity index (χ3n) is 5.30. The number of piperidine rings is 1. The summed E-state index contributed by atoms with van der Waals surface area (Å²) >= 11 is 1.41. The number of amides is 1. The summed E-state index contributed by atoms with van der Waals surface area (Å²) in [5, 5.41) is 5.41. The molecule has 2 aromatic heterocycles. The second-order valence-electron chi connectivity index (χ2n) is 7.88. The molecule has 1 amide bonds. The first-order chi connectivity index (χ1) is 15.3. The Hall–Kier alpha value is -2.69. The van der Waals surface area contributed by atoms with Crippen molar-refractivity contribution in [1.82, 2.24) is 9.29 Å². The monoisotopic (exact) mass is 474 g/mol. The quantitative estimate of drug-likeness (QED) is 0.559. The summed E-state index contributed by atoms with van der Waals surface area (Å²) in [4.78, 5) is 19.3. The lowest BCUT2D eigenvalue weighted by atomic mass is 10.2. The SMILES string of the molecule is CN(C)c1ccc(S(=O)(=O)N2CCCCC2)cc1NC(=O)Cc1csc(-c2ccco2)n1. The first-order valence-corrected chi connectivity index (χ1v) is 12.8. The Balaban J connectivity index is 1.54. The standard InChI is InChI=1S/C22H26N4O4S2/c1-25(2)19-9-8-17(32(28,29)26-10-4-3-5-11-26)14-18(19)24-21(27)13-16-15-31-22(23-16)20-7-6-12-30-20/h6-9,12,14-15H,3-5,10-11,13H2,1-2H3,(H,24,27). The predicted molar refractivity (Wildman–Crippen MR) is 126 cm³/mol. The van der Waals surface area contributed by atoms with E-state index in [1.807, 2.05) is 30.4 Å². The maximum absolute atomic E-state index is 13.1. The summed E-state index contributed by atoms with van der Waals surface area (Å²) < 4.78 is 33.1. The fourth-order valence-corrected chi connectivity index (χ4v) is 6.01. The van der Waals surface area contributed by atoms with Crippen molar-refractivity contribution in [3.8, 4) is 10.8 Å². The Morgan fingerprint density at radius 3 is 2.69 bits per heavy atom. The zero-order chi connectivity index (χ0) is 22.7. The number of hydrogen-bond donors (Lipinski definition) is 1. The van der Waals surface area contributed by atoms with Crippen molar-refractivity contribution in [2.24, 2.45) is 0 Å². The average molecular weight is 475 g/mol. The first kappa shape index (κ1) is 22.5. The van der Waals surface area contributed by atoms with E-state index in [1.54, 1.807) is 30.5 Å². The zero-order valence-electron chi connectivity index (χ0n) is 18.1. The van der Waals surface area contributed by atoms with Gasteiger partial charge in [0, 0.05) is 32.6 Å². The summed E-state index contributed by atoms with van der Waals surface area (Å²) in [6.07, 6.45) is 4.44. The van der Waals surface area contributed by atoms with Crippen LogP contribution in [0.2, 0.25) is 0 Å². The molecule has 1 fully saturated rings. The number of sulfonamides is 1. The van der Waals surface area contributed by atoms with Crippen LogP contribution >= 0.6 is 11.3 Å². The normalized spacial score (nSPS) is 14.9. The van der Waals surface area contributed by atoms with Crippen molar-refractivity contribution < 1.29 is 17.6 Å². The highest BCUT2D eigenvalue weighted by atomic mass is 32.2. The molecule has 0 bridgehead atoms. The Morgan fingerprint density at radius 2 is 2.00 bits per heavy atom. The van der Waals surface area contributed by atoms with Crippen molar-refractivity contribution in [2.45, 2.75) is 30.6 Å². The molecule has 1 saturated heterocycles. The number of anilines is 2. The number of carbonyl (C=O) groups excluding carboxylic acids is 1. The number of carbonyl (C=O) groups is 1. The van der Waals surface area contributed by atoms with Gasteiger partial charge in [-0.05, 0) is 43.2 Å². The fourth-order valence-electron chi connectivity index (χ4n) is 3.68. The lowest BCUT2D eigenvalue weighted by Crippen LogP contribution is -2.35. The first-order valence-electron chi connectivity index (χ1n) is 10.4. The largest absolute Gasteiger partial charge is 0.462 e. The van der Waals surface area contributed by atoms with Gasteiger partial charge in [-0.3, -0.25) is 4.79 Å². The van der Waals surface area contributed by atoms with Gasteiger partial charge >= 0.3 is 0 Å². The molecule has 4 rings (SSSR count).